The molecule has 2 aliphatic rings. The first-order valence-corrected chi connectivity index (χ1v) is 9.18. The summed E-state index contributed by atoms with van der Waals surface area (Å²) < 4.78 is 0. The third-order valence-electron chi connectivity index (χ3n) is 3.94. The smallest absolute Gasteiger partial charge is 0.192 e. The molecule has 0 aromatic carbocycles. The minimum absolute atomic E-state index is 0.187. The Morgan fingerprint density at radius 1 is 1.00 bits per heavy atom. The molecule has 0 aromatic rings. The molecular weight excluding hydrogens is 284 g/mol. The second kappa shape index (κ2) is 6.71. The molecule has 2 rings (SSSR count). The topological polar surface area (TPSA) is 34.1 Å². The summed E-state index contributed by atoms with van der Waals surface area (Å²) in [5, 5.41) is 1.42. The molecule has 2 nitrogen and oxygen atoms in total. The van der Waals surface area contributed by atoms with Gasteiger partial charge < -0.3 is 0 Å². The molecule has 2 aliphatic carbocycles. The number of carbonyl (C=O) groups is 2. The van der Waals surface area contributed by atoms with Crippen LogP contribution >= 0.6 is 36.2 Å². The number of thiol groups is 1. The predicted molar refractivity (Wildman–Crippen MR) is 82.4 cm³/mol. The Hall–Kier alpha value is 0.390. The first kappa shape index (κ1) is 14.8. The van der Waals surface area contributed by atoms with Crippen molar-refractivity contribution in [2.75, 3.05) is 6.26 Å². The van der Waals surface area contributed by atoms with E-state index in [2.05, 4.69) is 12.6 Å². The molecule has 2 saturated carbocycles. The van der Waals surface area contributed by atoms with E-state index in [1.807, 2.05) is 6.26 Å². The van der Waals surface area contributed by atoms with Crippen LogP contribution in [0.25, 0.3) is 0 Å². The molecule has 0 aliphatic heterocycles. The second-order valence-electron chi connectivity index (χ2n) is 5.26. The summed E-state index contributed by atoms with van der Waals surface area (Å²) in [5.74, 6) is 0.402. The van der Waals surface area contributed by atoms with E-state index in [0.29, 0.717) is 20.7 Å². The van der Waals surface area contributed by atoms with Crippen LogP contribution in [0.1, 0.15) is 38.5 Å². The average Bonchev–Trinajstić information content (AvgIpc) is 2.97. The van der Waals surface area contributed by atoms with Crippen molar-refractivity contribution in [3.05, 3.63) is 0 Å². The molecular formula is C13H20O2S3. The molecule has 0 aromatic heterocycles. The fourth-order valence-corrected chi connectivity index (χ4v) is 5.13. The molecule has 18 heavy (non-hydrogen) atoms. The fourth-order valence-electron chi connectivity index (χ4n) is 2.86. The van der Waals surface area contributed by atoms with Crippen molar-refractivity contribution in [3.8, 4) is 0 Å². The zero-order valence-corrected chi connectivity index (χ0v) is 13.2. The molecule has 0 radical (unpaired) electrons. The van der Waals surface area contributed by atoms with Crippen molar-refractivity contribution in [3.63, 3.8) is 0 Å². The van der Waals surface area contributed by atoms with Crippen molar-refractivity contribution < 1.29 is 9.59 Å². The maximum Gasteiger partial charge on any atom is 0.192 e. The maximum absolute atomic E-state index is 12.1. The minimum atomic E-state index is 0.187. The van der Waals surface area contributed by atoms with Crippen LogP contribution in [0.4, 0.5) is 0 Å². The van der Waals surface area contributed by atoms with E-state index in [1.54, 1.807) is 0 Å². The zero-order chi connectivity index (χ0) is 13.1. The largest absolute Gasteiger partial charge is 0.287 e. The van der Waals surface area contributed by atoms with Gasteiger partial charge in [-0.15, -0.1) is 0 Å². The highest BCUT2D eigenvalue weighted by molar-refractivity contribution is 8.14. The first-order valence-electron chi connectivity index (χ1n) is 6.56. The molecule has 0 unspecified atom stereocenters. The summed E-state index contributed by atoms with van der Waals surface area (Å²) >= 11 is 7.27. The normalized spacial score (nSPS) is 35.9. The Bertz CT molecular complexity index is 332. The highest BCUT2D eigenvalue weighted by Crippen LogP contribution is 2.40. The van der Waals surface area contributed by atoms with Crippen molar-refractivity contribution in [1.29, 1.82) is 0 Å². The van der Waals surface area contributed by atoms with Crippen LogP contribution in [0.3, 0.4) is 0 Å². The lowest BCUT2D eigenvalue weighted by molar-refractivity contribution is -0.115. The fraction of sp³-hybridized carbons (Fsp3) is 0.846. The van der Waals surface area contributed by atoms with Crippen molar-refractivity contribution >= 4 is 46.4 Å². The van der Waals surface area contributed by atoms with Gasteiger partial charge in [-0.2, -0.15) is 12.6 Å². The Morgan fingerprint density at radius 3 is 2.28 bits per heavy atom. The van der Waals surface area contributed by atoms with Crippen LogP contribution in [0.5, 0.6) is 0 Å². The van der Waals surface area contributed by atoms with Gasteiger partial charge in [-0.3, -0.25) is 9.59 Å². The first-order chi connectivity index (χ1) is 8.60. The number of carbonyl (C=O) groups excluding carboxylic acids is 2. The van der Waals surface area contributed by atoms with Crippen molar-refractivity contribution in [2.45, 2.75) is 49.0 Å². The van der Waals surface area contributed by atoms with Crippen molar-refractivity contribution in [1.82, 2.24) is 0 Å². The molecule has 0 bridgehead atoms. The van der Waals surface area contributed by atoms with E-state index < -0.39 is 0 Å². The monoisotopic (exact) mass is 304 g/mol. The number of hydrogen-bond acceptors (Lipinski definition) is 5. The molecule has 5 heteroatoms. The SMILES string of the molecule is CSC(=O)[C@@H]1CC[C@H](SC(=O)[C@H]2CC[C@@H](S)C2)C1. The molecule has 0 saturated heterocycles. The highest BCUT2D eigenvalue weighted by atomic mass is 32.2. The van der Waals surface area contributed by atoms with E-state index in [-0.39, 0.29) is 11.8 Å². The van der Waals surface area contributed by atoms with E-state index in [0.717, 1.165) is 38.5 Å². The van der Waals surface area contributed by atoms with Gasteiger partial charge >= 0.3 is 0 Å². The average molecular weight is 305 g/mol. The van der Waals surface area contributed by atoms with Crippen LogP contribution in [-0.4, -0.2) is 27.0 Å². The lowest BCUT2D eigenvalue weighted by Crippen LogP contribution is -2.13. The summed E-state index contributed by atoms with van der Waals surface area (Å²) in [7, 11) is 0. The summed E-state index contributed by atoms with van der Waals surface area (Å²) in [5.41, 5.74) is 0. The summed E-state index contributed by atoms with van der Waals surface area (Å²) in [6.45, 7) is 0. The molecule has 0 amide bonds. The van der Waals surface area contributed by atoms with Gasteiger partial charge in [0.25, 0.3) is 0 Å². The summed E-state index contributed by atoms with van der Waals surface area (Å²) in [6.07, 6.45) is 7.73. The van der Waals surface area contributed by atoms with Crippen LogP contribution in [0.15, 0.2) is 0 Å². The lowest BCUT2D eigenvalue weighted by Gasteiger charge is -2.12. The molecule has 102 valence electrons. The Kier molecular flexibility index (Phi) is 5.51. The molecule has 0 heterocycles. The van der Waals surface area contributed by atoms with Gasteiger partial charge in [-0.1, -0.05) is 23.5 Å². The van der Waals surface area contributed by atoms with Crippen LogP contribution in [0, 0.1) is 11.8 Å². The van der Waals surface area contributed by atoms with Gasteiger partial charge in [0.05, 0.1) is 0 Å². The lowest BCUT2D eigenvalue weighted by atomic mass is 10.1. The third-order valence-corrected chi connectivity index (χ3v) is 6.47. The molecule has 2 fully saturated rings. The van der Waals surface area contributed by atoms with Gasteiger partial charge in [0.15, 0.2) is 10.2 Å². The van der Waals surface area contributed by atoms with E-state index >= 15 is 0 Å². The van der Waals surface area contributed by atoms with Gasteiger partial charge in [-0.05, 0) is 44.8 Å². The van der Waals surface area contributed by atoms with Crippen LogP contribution in [0.2, 0.25) is 0 Å². The number of hydrogen-bond donors (Lipinski definition) is 1. The van der Waals surface area contributed by atoms with Crippen molar-refractivity contribution in [2.24, 2.45) is 11.8 Å². The predicted octanol–water partition coefficient (Wildman–Crippen LogP) is 3.40. The van der Waals surface area contributed by atoms with Gasteiger partial charge in [0, 0.05) is 22.3 Å². The quantitative estimate of drug-likeness (QED) is 0.810. The minimum Gasteiger partial charge on any atom is -0.287 e. The Labute approximate surface area is 123 Å². The van der Waals surface area contributed by atoms with Gasteiger partial charge in [0.2, 0.25) is 0 Å². The Balaban J connectivity index is 1.77. The Morgan fingerprint density at radius 2 is 1.67 bits per heavy atom. The van der Waals surface area contributed by atoms with Crippen LogP contribution < -0.4 is 0 Å². The third kappa shape index (κ3) is 3.70. The molecule has 0 N–H and O–H groups in total. The van der Waals surface area contributed by atoms with Gasteiger partial charge in [0.1, 0.15) is 0 Å². The zero-order valence-electron chi connectivity index (χ0n) is 10.6. The molecule has 4 atom stereocenters. The van der Waals surface area contributed by atoms with Gasteiger partial charge in [-0.25, -0.2) is 0 Å². The highest BCUT2D eigenvalue weighted by Gasteiger charge is 2.34. The number of rotatable bonds is 3. The summed E-state index contributed by atoms with van der Waals surface area (Å²) in [4.78, 5) is 23.7. The molecule has 0 spiro atoms. The van der Waals surface area contributed by atoms with E-state index in [1.165, 1.54) is 23.5 Å². The van der Waals surface area contributed by atoms with Crippen LogP contribution in [-0.2, 0) is 9.59 Å². The van der Waals surface area contributed by atoms with E-state index in [4.69, 9.17) is 0 Å². The summed E-state index contributed by atoms with van der Waals surface area (Å²) in [6, 6.07) is 0. The number of thioether (sulfide) groups is 2. The second-order valence-corrected chi connectivity index (χ2v) is 8.10. The standard InChI is InChI=1S/C13H20O2S3/c1-17-12(14)9-3-5-11(7-9)18-13(15)8-2-4-10(16)6-8/h8-11,16H,2-7H2,1H3/t8-,9+,10+,11-/m0/s1. The van der Waals surface area contributed by atoms with E-state index in [9.17, 15) is 9.59 Å². The maximum atomic E-state index is 12.1.